The predicted octanol–water partition coefficient (Wildman–Crippen LogP) is 2.23. The summed E-state index contributed by atoms with van der Waals surface area (Å²) in [5.74, 6) is 0. The van der Waals surface area contributed by atoms with Crippen molar-refractivity contribution in [2.45, 2.75) is 0 Å². The summed E-state index contributed by atoms with van der Waals surface area (Å²) in [5.41, 5.74) is 6.60. The van der Waals surface area contributed by atoms with E-state index in [1.807, 2.05) is 12.1 Å². The van der Waals surface area contributed by atoms with Crippen LogP contribution in [-0.2, 0) is 0 Å². The molecule has 0 bridgehead atoms. The largest absolute Gasteiger partial charge is 0.389 e. The van der Waals surface area contributed by atoms with Crippen LogP contribution in [0.3, 0.4) is 0 Å². The number of thiophene rings is 1. The van der Waals surface area contributed by atoms with Crippen molar-refractivity contribution in [3.63, 3.8) is 0 Å². The zero-order valence-corrected chi connectivity index (χ0v) is 7.93. The highest BCUT2D eigenvalue weighted by molar-refractivity contribution is 7.23. The quantitative estimate of drug-likeness (QED) is 0.707. The van der Waals surface area contributed by atoms with Crippen LogP contribution in [-0.4, -0.2) is 0 Å². The van der Waals surface area contributed by atoms with Gasteiger partial charge in [0.25, 0.3) is 0 Å². The maximum absolute atomic E-state index is 8.89. The molecule has 0 spiro atoms. The van der Waals surface area contributed by atoms with Crippen molar-refractivity contribution in [1.29, 1.82) is 10.5 Å². The van der Waals surface area contributed by atoms with Crippen molar-refractivity contribution in [2.24, 2.45) is 0 Å². The van der Waals surface area contributed by atoms with E-state index in [2.05, 4.69) is 6.07 Å². The molecule has 0 radical (unpaired) electrons. The molecule has 0 saturated heterocycles. The Morgan fingerprint density at radius 2 is 2.00 bits per heavy atom. The molecular formula is C10H5N3S. The van der Waals surface area contributed by atoms with Crippen LogP contribution < -0.4 is 5.73 Å². The topological polar surface area (TPSA) is 73.6 Å². The number of anilines is 1. The molecule has 0 aliphatic rings. The first-order valence-electron chi connectivity index (χ1n) is 3.89. The third-order valence-electron chi connectivity index (χ3n) is 1.97. The van der Waals surface area contributed by atoms with Gasteiger partial charge in [-0.1, -0.05) is 6.07 Å². The number of nitrogen functional groups attached to an aromatic ring is 1. The fraction of sp³-hybridized carbons (Fsp3) is 0. The van der Waals surface area contributed by atoms with E-state index >= 15 is 0 Å². The Balaban J connectivity index is 3.00. The van der Waals surface area contributed by atoms with Crippen molar-refractivity contribution in [2.75, 3.05) is 5.73 Å². The minimum absolute atomic E-state index is 0.419. The van der Waals surface area contributed by atoms with E-state index in [9.17, 15) is 0 Å². The number of rotatable bonds is 0. The average molecular weight is 199 g/mol. The molecule has 0 aliphatic carbocycles. The minimum atomic E-state index is 0.419. The number of nitrogens with zero attached hydrogens (tertiary/aromatic N) is 2. The molecule has 3 nitrogen and oxygen atoms in total. The molecule has 1 aromatic heterocycles. The summed E-state index contributed by atoms with van der Waals surface area (Å²) < 4.78 is 0.887. The Bertz CT molecular complexity index is 584. The monoisotopic (exact) mass is 199 g/mol. The normalized spacial score (nSPS) is 9.57. The molecule has 0 fully saturated rings. The van der Waals surface area contributed by atoms with Gasteiger partial charge in [-0.3, -0.25) is 0 Å². The summed E-state index contributed by atoms with van der Waals surface area (Å²) in [6, 6.07) is 9.42. The van der Waals surface area contributed by atoms with Gasteiger partial charge in [-0.05, 0) is 12.1 Å². The average Bonchev–Trinajstić information content (AvgIpc) is 2.52. The Morgan fingerprint density at radius 3 is 2.64 bits per heavy atom. The van der Waals surface area contributed by atoms with E-state index < -0.39 is 0 Å². The van der Waals surface area contributed by atoms with E-state index in [1.54, 1.807) is 12.1 Å². The summed E-state index contributed by atoms with van der Waals surface area (Å²) in [7, 11) is 0. The SMILES string of the molecule is N#Cc1cccc2sc(N)c(C#N)c12. The van der Waals surface area contributed by atoms with E-state index in [4.69, 9.17) is 16.3 Å². The van der Waals surface area contributed by atoms with Crippen LogP contribution in [0.15, 0.2) is 18.2 Å². The number of fused-ring (bicyclic) bond motifs is 1. The third kappa shape index (κ3) is 1.02. The molecule has 2 N–H and O–H groups in total. The van der Waals surface area contributed by atoms with Gasteiger partial charge in [0, 0.05) is 10.1 Å². The van der Waals surface area contributed by atoms with Gasteiger partial charge in [0.2, 0.25) is 0 Å². The van der Waals surface area contributed by atoms with Gasteiger partial charge in [0.05, 0.1) is 17.2 Å². The maximum atomic E-state index is 8.89. The highest BCUT2D eigenvalue weighted by Gasteiger charge is 2.12. The molecule has 1 heterocycles. The smallest absolute Gasteiger partial charge is 0.105 e. The van der Waals surface area contributed by atoms with E-state index in [0.717, 1.165) is 4.70 Å². The maximum Gasteiger partial charge on any atom is 0.105 e. The number of hydrogen-bond donors (Lipinski definition) is 1. The molecule has 0 unspecified atom stereocenters. The second kappa shape index (κ2) is 3.02. The number of nitrogens with two attached hydrogens (primary N) is 1. The van der Waals surface area contributed by atoms with Gasteiger partial charge in [0.1, 0.15) is 11.1 Å². The Hall–Kier alpha value is -2.04. The van der Waals surface area contributed by atoms with Gasteiger partial charge in [-0.15, -0.1) is 11.3 Å². The zero-order chi connectivity index (χ0) is 10.1. The fourth-order valence-electron chi connectivity index (χ4n) is 1.37. The highest BCUT2D eigenvalue weighted by atomic mass is 32.1. The van der Waals surface area contributed by atoms with Gasteiger partial charge >= 0.3 is 0 Å². The number of nitriles is 2. The first kappa shape index (κ1) is 8.55. The zero-order valence-electron chi connectivity index (χ0n) is 7.11. The number of hydrogen-bond acceptors (Lipinski definition) is 4. The standard InChI is InChI=1S/C10H5N3S/c11-4-6-2-1-3-8-9(6)7(5-12)10(13)14-8/h1-3H,13H2. The van der Waals surface area contributed by atoms with E-state index in [-0.39, 0.29) is 0 Å². The van der Waals surface area contributed by atoms with Crippen molar-refractivity contribution in [3.8, 4) is 12.1 Å². The van der Waals surface area contributed by atoms with Crippen molar-refractivity contribution >= 4 is 26.4 Å². The van der Waals surface area contributed by atoms with Crippen molar-refractivity contribution < 1.29 is 0 Å². The second-order valence-electron chi connectivity index (χ2n) is 2.74. The first-order chi connectivity index (χ1) is 6.77. The summed E-state index contributed by atoms with van der Waals surface area (Å²) in [6.07, 6.45) is 0. The number of benzene rings is 1. The third-order valence-corrected chi connectivity index (χ3v) is 2.96. The van der Waals surface area contributed by atoms with Crippen LogP contribution in [0.1, 0.15) is 11.1 Å². The van der Waals surface area contributed by atoms with Gasteiger partial charge in [0.15, 0.2) is 0 Å². The molecule has 0 aliphatic heterocycles. The van der Waals surface area contributed by atoms with Crippen LogP contribution in [0.2, 0.25) is 0 Å². The molecule has 66 valence electrons. The second-order valence-corrected chi connectivity index (χ2v) is 3.83. The molecule has 1 aromatic carbocycles. The molecule has 14 heavy (non-hydrogen) atoms. The van der Waals surface area contributed by atoms with Crippen molar-refractivity contribution in [1.82, 2.24) is 0 Å². The van der Waals surface area contributed by atoms with E-state index in [1.165, 1.54) is 11.3 Å². The molecule has 4 heteroatoms. The predicted molar refractivity (Wildman–Crippen MR) is 55.7 cm³/mol. The van der Waals surface area contributed by atoms with Crippen LogP contribution in [0, 0.1) is 22.7 Å². The van der Waals surface area contributed by atoms with Gasteiger partial charge in [-0.25, -0.2) is 0 Å². The molecule has 2 aromatic rings. The molecule has 0 amide bonds. The summed E-state index contributed by atoms with van der Waals surface area (Å²) in [6.45, 7) is 0. The fourth-order valence-corrected chi connectivity index (χ4v) is 2.32. The van der Waals surface area contributed by atoms with Gasteiger partial charge in [-0.2, -0.15) is 10.5 Å². The highest BCUT2D eigenvalue weighted by Crippen LogP contribution is 2.34. The van der Waals surface area contributed by atoms with Crippen LogP contribution in [0.5, 0.6) is 0 Å². The molecule has 0 saturated carbocycles. The van der Waals surface area contributed by atoms with Crippen LogP contribution >= 0.6 is 11.3 Å². The Labute approximate surface area is 84.6 Å². The first-order valence-corrected chi connectivity index (χ1v) is 4.70. The summed E-state index contributed by atoms with van der Waals surface area (Å²) >= 11 is 1.34. The summed E-state index contributed by atoms with van der Waals surface area (Å²) in [5, 5.41) is 18.9. The molecular weight excluding hydrogens is 194 g/mol. The lowest BCUT2D eigenvalue weighted by atomic mass is 10.1. The van der Waals surface area contributed by atoms with Gasteiger partial charge < -0.3 is 5.73 Å². The Kier molecular flexibility index (Phi) is 1.85. The minimum Gasteiger partial charge on any atom is -0.389 e. The lowest BCUT2D eigenvalue weighted by Crippen LogP contribution is -1.84. The Morgan fingerprint density at radius 1 is 1.21 bits per heavy atom. The lowest BCUT2D eigenvalue weighted by molar-refractivity contribution is 1.49. The van der Waals surface area contributed by atoms with Crippen molar-refractivity contribution in [3.05, 3.63) is 29.3 Å². The summed E-state index contributed by atoms with van der Waals surface area (Å²) in [4.78, 5) is 0. The van der Waals surface area contributed by atoms with Crippen LogP contribution in [0.4, 0.5) is 5.00 Å². The van der Waals surface area contributed by atoms with E-state index in [0.29, 0.717) is 21.5 Å². The van der Waals surface area contributed by atoms with Crippen LogP contribution in [0.25, 0.3) is 10.1 Å². The lowest BCUT2D eigenvalue weighted by Gasteiger charge is -1.92. The molecule has 2 rings (SSSR count). The molecule has 0 atom stereocenters.